The predicted molar refractivity (Wildman–Crippen MR) is 74.2 cm³/mol. The minimum absolute atomic E-state index is 0.0577. The Kier molecular flexibility index (Phi) is 4.92. The molecular weight excluding hydrogens is 324 g/mol. The van der Waals surface area contributed by atoms with Crippen LogP contribution in [0, 0.1) is 0 Å². The molecule has 2 N–H and O–H groups in total. The van der Waals surface area contributed by atoms with Gasteiger partial charge in [0.1, 0.15) is 6.54 Å². The van der Waals surface area contributed by atoms with E-state index in [4.69, 9.17) is 5.73 Å². The van der Waals surface area contributed by atoms with E-state index in [2.05, 4.69) is 4.84 Å². The molecule has 24 heavy (non-hydrogen) atoms. The molecule has 2 rings (SSSR count). The average molecular weight is 338 g/mol. The summed E-state index contributed by atoms with van der Waals surface area (Å²) in [6.07, 6.45) is 2.04. The first-order valence-electron chi connectivity index (χ1n) is 6.94. The highest BCUT2D eigenvalue weighted by Crippen LogP contribution is 2.12. The Balaban J connectivity index is 1.89. The fourth-order valence-electron chi connectivity index (χ4n) is 2.08. The van der Waals surface area contributed by atoms with E-state index in [-0.39, 0.29) is 25.9 Å². The van der Waals surface area contributed by atoms with E-state index in [1.807, 2.05) is 0 Å². The molecule has 2 heterocycles. The molecule has 11 nitrogen and oxygen atoms in total. The molecule has 0 aromatic carbocycles. The van der Waals surface area contributed by atoms with Crippen molar-refractivity contribution in [1.82, 2.24) is 14.9 Å². The third kappa shape index (κ3) is 3.74. The van der Waals surface area contributed by atoms with Crippen molar-refractivity contribution < 1.29 is 33.6 Å². The van der Waals surface area contributed by atoms with E-state index in [0.29, 0.717) is 5.06 Å². The lowest BCUT2D eigenvalue weighted by atomic mass is 10.4. The Hall–Kier alpha value is -3.24. The van der Waals surface area contributed by atoms with Crippen LogP contribution in [0.4, 0.5) is 4.79 Å². The number of carbonyl (C=O) groups excluding carboxylic acids is 6. The molecule has 0 unspecified atom stereocenters. The number of nitrogens with zero attached hydrogens (tertiary/aromatic N) is 3. The molecule has 0 aromatic heterocycles. The van der Waals surface area contributed by atoms with Gasteiger partial charge < -0.3 is 15.5 Å². The summed E-state index contributed by atoms with van der Waals surface area (Å²) in [6.45, 7) is -1.01. The lowest BCUT2D eigenvalue weighted by Crippen LogP contribution is -2.46. The Morgan fingerprint density at radius 3 is 2.12 bits per heavy atom. The van der Waals surface area contributed by atoms with Crippen molar-refractivity contribution >= 4 is 35.6 Å². The lowest BCUT2D eigenvalue weighted by molar-refractivity contribution is -0.197. The zero-order valence-electron chi connectivity index (χ0n) is 12.5. The molecule has 0 aliphatic carbocycles. The quantitative estimate of drug-likeness (QED) is 0.545. The molecular formula is C13H14N4O7. The Bertz CT molecular complexity index is 623. The average Bonchev–Trinajstić information content (AvgIpc) is 3.00. The second-order valence-electron chi connectivity index (χ2n) is 4.97. The predicted octanol–water partition coefficient (Wildman–Crippen LogP) is -2.10. The number of carbonyl (C=O) groups is 6. The summed E-state index contributed by atoms with van der Waals surface area (Å²) >= 11 is 0. The summed E-state index contributed by atoms with van der Waals surface area (Å²) in [4.78, 5) is 74.9. The van der Waals surface area contributed by atoms with Crippen LogP contribution >= 0.6 is 0 Å². The normalized spacial score (nSPS) is 17.0. The van der Waals surface area contributed by atoms with Gasteiger partial charge in [0.2, 0.25) is 0 Å². The largest absolute Gasteiger partial charge is 0.352 e. The smallest absolute Gasteiger partial charge is 0.351 e. The SMILES string of the molecule is NC(=O)N(CCN1C(=O)C=CC1=O)CC(=O)ON1C(=O)CCC1=O. The molecule has 0 saturated carbocycles. The third-order valence-corrected chi connectivity index (χ3v) is 3.32. The molecule has 0 spiro atoms. The molecule has 1 saturated heterocycles. The second kappa shape index (κ2) is 6.89. The highest BCUT2D eigenvalue weighted by atomic mass is 16.7. The molecule has 0 radical (unpaired) electrons. The van der Waals surface area contributed by atoms with Crippen LogP contribution in [-0.2, 0) is 28.8 Å². The summed E-state index contributed by atoms with van der Waals surface area (Å²) < 4.78 is 0. The van der Waals surface area contributed by atoms with Crippen molar-refractivity contribution in [3.05, 3.63) is 12.2 Å². The molecule has 1 fully saturated rings. The number of rotatable bonds is 6. The van der Waals surface area contributed by atoms with Crippen molar-refractivity contribution in [3.63, 3.8) is 0 Å². The topological polar surface area (TPSA) is 147 Å². The summed E-state index contributed by atoms with van der Waals surface area (Å²) in [5.74, 6) is -3.44. The minimum atomic E-state index is -1.05. The highest BCUT2D eigenvalue weighted by Gasteiger charge is 2.33. The van der Waals surface area contributed by atoms with Gasteiger partial charge in [-0.2, -0.15) is 0 Å². The van der Waals surface area contributed by atoms with Crippen molar-refractivity contribution in [2.24, 2.45) is 5.73 Å². The molecule has 2 aliphatic rings. The molecule has 0 bridgehead atoms. The number of amides is 6. The number of hydrogen-bond donors (Lipinski definition) is 1. The van der Waals surface area contributed by atoms with Crippen LogP contribution in [0.3, 0.4) is 0 Å². The van der Waals surface area contributed by atoms with Gasteiger partial charge in [0, 0.05) is 38.1 Å². The molecule has 2 aliphatic heterocycles. The van der Waals surface area contributed by atoms with Crippen molar-refractivity contribution in [2.75, 3.05) is 19.6 Å². The minimum Gasteiger partial charge on any atom is -0.351 e. The standard InChI is InChI=1S/C13H14N4O7/c14-13(23)15(5-6-16-8(18)1-2-9(16)19)7-12(22)24-17-10(20)3-4-11(17)21/h1-2H,3-7H2,(H2,14,23). The maximum Gasteiger partial charge on any atom is 0.352 e. The first-order chi connectivity index (χ1) is 11.3. The van der Waals surface area contributed by atoms with E-state index in [1.54, 1.807) is 0 Å². The summed E-state index contributed by atoms with van der Waals surface area (Å²) in [7, 11) is 0. The monoisotopic (exact) mass is 338 g/mol. The van der Waals surface area contributed by atoms with Gasteiger partial charge >= 0.3 is 12.0 Å². The van der Waals surface area contributed by atoms with Gasteiger partial charge in [-0.3, -0.25) is 24.1 Å². The van der Waals surface area contributed by atoms with Crippen LogP contribution in [0.2, 0.25) is 0 Å². The first-order valence-corrected chi connectivity index (χ1v) is 6.94. The van der Waals surface area contributed by atoms with E-state index >= 15 is 0 Å². The zero-order chi connectivity index (χ0) is 17.9. The highest BCUT2D eigenvalue weighted by molar-refractivity contribution is 6.12. The van der Waals surface area contributed by atoms with E-state index in [9.17, 15) is 28.8 Å². The number of primary amides is 1. The number of urea groups is 1. The summed E-state index contributed by atoms with van der Waals surface area (Å²) in [6, 6.07) is -0.988. The van der Waals surface area contributed by atoms with Crippen LogP contribution in [0.5, 0.6) is 0 Å². The van der Waals surface area contributed by atoms with Crippen molar-refractivity contribution in [2.45, 2.75) is 12.8 Å². The van der Waals surface area contributed by atoms with Crippen LogP contribution in [0.15, 0.2) is 12.2 Å². The molecule has 128 valence electrons. The van der Waals surface area contributed by atoms with E-state index < -0.39 is 42.2 Å². The molecule has 0 atom stereocenters. The van der Waals surface area contributed by atoms with Crippen LogP contribution in [-0.4, -0.2) is 70.1 Å². The Morgan fingerprint density at radius 2 is 1.62 bits per heavy atom. The van der Waals surface area contributed by atoms with E-state index in [0.717, 1.165) is 22.0 Å². The van der Waals surface area contributed by atoms with Crippen LogP contribution in [0.25, 0.3) is 0 Å². The maximum atomic E-state index is 11.8. The maximum absolute atomic E-state index is 11.8. The third-order valence-electron chi connectivity index (χ3n) is 3.32. The summed E-state index contributed by atoms with van der Waals surface area (Å²) in [5.41, 5.74) is 5.13. The van der Waals surface area contributed by atoms with Gasteiger partial charge in [0.05, 0.1) is 0 Å². The van der Waals surface area contributed by atoms with Gasteiger partial charge in [0.25, 0.3) is 23.6 Å². The van der Waals surface area contributed by atoms with Crippen molar-refractivity contribution in [3.8, 4) is 0 Å². The zero-order valence-corrected chi connectivity index (χ0v) is 12.5. The second-order valence-corrected chi connectivity index (χ2v) is 4.97. The van der Waals surface area contributed by atoms with Gasteiger partial charge in [-0.05, 0) is 0 Å². The van der Waals surface area contributed by atoms with Gasteiger partial charge in [0.15, 0.2) is 0 Å². The van der Waals surface area contributed by atoms with Gasteiger partial charge in [-0.15, -0.1) is 5.06 Å². The number of nitrogens with two attached hydrogens (primary N) is 1. The number of hydrogen-bond acceptors (Lipinski definition) is 7. The molecule has 6 amide bonds. The lowest BCUT2D eigenvalue weighted by Gasteiger charge is -2.23. The fourth-order valence-corrected chi connectivity index (χ4v) is 2.08. The van der Waals surface area contributed by atoms with Gasteiger partial charge in [-0.1, -0.05) is 0 Å². The van der Waals surface area contributed by atoms with E-state index in [1.165, 1.54) is 0 Å². The molecule has 11 heteroatoms. The van der Waals surface area contributed by atoms with Crippen LogP contribution < -0.4 is 5.73 Å². The Labute approximate surface area is 135 Å². The van der Waals surface area contributed by atoms with Crippen LogP contribution in [0.1, 0.15) is 12.8 Å². The number of hydroxylamine groups is 2. The first kappa shape index (κ1) is 17.1. The molecule has 0 aromatic rings. The number of imide groups is 2. The van der Waals surface area contributed by atoms with Gasteiger partial charge in [-0.25, -0.2) is 9.59 Å². The summed E-state index contributed by atoms with van der Waals surface area (Å²) in [5, 5.41) is 0.346. The fraction of sp³-hybridized carbons (Fsp3) is 0.385. The Morgan fingerprint density at radius 1 is 1.08 bits per heavy atom. The van der Waals surface area contributed by atoms with Crippen molar-refractivity contribution in [1.29, 1.82) is 0 Å².